The van der Waals surface area contributed by atoms with Crippen molar-refractivity contribution in [3.8, 4) is 0 Å². The van der Waals surface area contributed by atoms with Crippen molar-refractivity contribution in [2.24, 2.45) is 0 Å². The summed E-state index contributed by atoms with van der Waals surface area (Å²) in [7, 11) is -5.86. The molecule has 0 heterocycles. The number of carbonyl (C=O) groups excluding carboxylic acids is 1. The molecule has 0 aliphatic rings. The molecular formula is C39H34OSi2. The van der Waals surface area contributed by atoms with Gasteiger partial charge in [0.1, 0.15) is 22.4 Å². The molecule has 0 saturated carbocycles. The van der Waals surface area contributed by atoms with Gasteiger partial charge in [0.25, 0.3) is 0 Å². The van der Waals surface area contributed by atoms with Gasteiger partial charge in [-0.25, -0.2) is 0 Å². The van der Waals surface area contributed by atoms with Gasteiger partial charge >= 0.3 is 0 Å². The van der Waals surface area contributed by atoms with Gasteiger partial charge in [0, 0.05) is 6.42 Å². The van der Waals surface area contributed by atoms with Crippen molar-refractivity contribution < 1.29 is 4.79 Å². The van der Waals surface area contributed by atoms with E-state index < -0.39 is 16.1 Å². The fourth-order valence-corrected chi connectivity index (χ4v) is 22.4. The molecule has 0 aromatic heterocycles. The fraction of sp³-hybridized carbons (Fsp3) is 0.0513. The molecule has 0 aliphatic carbocycles. The molecule has 204 valence electrons. The van der Waals surface area contributed by atoms with Crippen LogP contribution in [-0.4, -0.2) is 22.4 Å². The minimum absolute atomic E-state index is 0.0295. The predicted molar refractivity (Wildman–Crippen MR) is 182 cm³/mol. The zero-order valence-electron chi connectivity index (χ0n) is 23.6. The van der Waals surface area contributed by atoms with Crippen LogP contribution < -0.4 is 31.1 Å². The zero-order valence-corrected chi connectivity index (χ0v) is 25.6. The molecule has 0 unspecified atom stereocenters. The summed E-state index contributed by atoms with van der Waals surface area (Å²) in [5.74, 6) is 0. The molecule has 0 saturated heterocycles. The van der Waals surface area contributed by atoms with E-state index in [9.17, 15) is 4.79 Å². The van der Waals surface area contributed by atoms with E-state index in [0.717, 1.165) is 0 Å². The van der Waals surface area contributed by atoms with Crippen molar-refractivity contribution in [3.05, 3.63) is 182 Å². The molecule has 6 aromatic rings. The highest BCUT2D eigenvalue weighted by molar-refractivity contribution is 7.27. The van der Waals surface area contributed by atoms with E-state index in [1.807, 2.05) is 0 Å². The zero-order chi connectivity index (χ0) is 28.7. The molecule has 6 rings (SSSR count). The van der Waals surface area contributed by atoms with Gasteiger partial charge in [0.2, 0.25) is 0 Å². The molecule has 42 heavy (non-hydrogen) atoms. The van der Waals surface area contributed by atoms with Crippen LogP contribution in [0.3, 0.4) is 0 Å². The average molecular weight is 575 g/mol. The minimum atomic E-state index is -2.93. The van der Waals surface area contributed by atoms with Crippen LogP contribution in [0, 0.1) is 0 Å². The Morgan fingerprint density at radius 3 is 0.714 bits per heavy atom. The lowest BCUT2D eigenvalue weighted by Crippen LogP contribution is -2.82. The molecule has 0 radical (unpaired) electrons. The Balaban J connectivity index is 1.86. The summed E-state index contributed by atoms with van der Waals surface area (Å²) >= 11 is 0. The quantitative estimate of drug-likeness (QED) is 0.130. The lowest BCUT2D eigenvalue weighted by molar-refractivity contribution is -0.107. The topological polar surface area (TPSA) is 17.1 Å². The minimum Gasteiger partial charge on any atom is -0.303 e. The summed E-state index contributed by atoms with van der Waals surface area (Å²) in [4.78, 5) is 13.1. The molecular weight excluding hydrogens is 541 g/mol. The summed E-state index contributed by atoms with van der Waals surface area (Å²) in [6.45, 7) is 0. The highest BCUT2D eigenvalue weighted by Gasteiger charge is 2.58. The summed E-state index contributed by atoms with van der Waals surface area (Å²) in [5, 5.41) is 8.00. The molecule has 6 aromatic carbocycles. The van der Waals surface area contributed by atoms with E-state index in [0.29, 0.717) is 6.42 Å². The highest BCUT2D eigenvalue weighted by atomic mass is 28.4. The lowest BCUT2D eigenvalue weighted by atomic mass is 10.3. The van der Waals surface area contributed by atoms with E-state index in [4.69, 9.17) is 0 Å². The van der Waals surface area contributed by atoms with Gasteiger partial charge in [-0.05, 0) is 36.3 Å². The Morgan fingerprint density at radius 2 is 0.548 bits per heavy atom. The second-order valence-electron chi connectivity index (χ2n) is 10.8. The average Bonchev–Trinajstić information content (AvgIpc) is 3.08. The molecule has 0 atom stereocenters. The van der Waals surface area contributed by atoms with E-state index in [1.165, 1.54) is 37.4 Å². The normalized spacial score (nSPS) is 11.7. The Labute approximate surface area is 251 Å². The third kappa shape index (κ3) is 4.71. The molecule has 0 aliphatic heterocycles. The third-order valence-corrected chi connectivity index (χ3v) is 21.4. The molecule has 0 fully saturated rings. The van der Waals surface area contributed by atoms with E-state index in [-0.39, 0.29) is 5.16 Å². The Bertz CT molecular complexity index is 1370. The van der Waals surface area contributed by atoms with Crippen LogP contribution in [0.25, 0.3) is 0 Å². The monoisotopic (exact) mass is 574 g/mol. The van der Waals surface area contributed by atoms with Crippen molar-refractivity contribution in [1.29, 1.82) is 0 Å². The number of benzene rings is 6. The lowest BCUT2D eigenvalue weighted by Gasteiger charge is -2.50. The van der Waals surface area contributed by atoms with E-state index >= 15 is 0 Å². The van der Waals surface area contributed by atoms with Crippen LogP contribution in [0.2, 0.25) is 5.16 Å². The SMILES string of the molecule is O=CCC([Si](c1ccccc1)(c1ccccc1)c1ccccc1)[Si](c1ccccc1)(c1ccccc1)c1ccccc1. The van der Waals surface area contributed by atoms with Crippen molar-refractivity contribution in [3.63, 3.8) is 0 Å². The van der Waals surface area contributed by atoms with Crippen molar-refractivity contribution >= 4 is 53.6 Å². The molecule has 0 N–H and O–H groups in total. The van der Waals surface area contributed by atoms with Crippen LogP contribution in [0.15, 0.2) is 182 Å². The van der Waals surface area contributed by atoms with Gasteiger partial charge in [0.05, 0.1) is 0 Å². The first kappa shape index (κ1) is 27.6. The highest BCUT2D eigenvalue weighted by Crippen LogP contribution is 2.35. The van der Waals surface area contributed by atoms with Gasteiger partial charge < -0.3 is 4.79 Å². The number of aldehydes is 1. The number of rotatable bonds is 10. The summed E-state index contributed by atoms with van der Waals surface area (Å²) in [5.41, 5.74) is 0. The summed E-state index contributed by atoms with van der Waals surface area (Å²) < 4.78 is 0. The Hall–Kier alpha value is -4.58. The van der Waals surface area contributed by atoms with Gasteiger partial charge in [-0.15, -0.1) is 0 Å². The van der Waals surface area contributed by atoms with Crippen LogP contribution in [0.5, 0.6) is 0 Å². The predicted octanol–water partition coefficient (Wildman–Crippen LogP) is 4.83. The van der Waals surface area contributed by atoms with Gasteiger partial charge in [-0.3, -0.25) is 0 Å². The van der Waals surface area contributed by atoms with Crippen molar-refractivity contribution in [1.82, 2.24) is 0 Å². The van der Waals surface area contributed by atoms with Gasteiger partial charge in [-0.1, -0.05) is 182 Å². The molecule has 3 heteroatoms. The number of hydrogen-bond acceptors (Lipinski definition) is 1. The summed E-state index contributed by atoms with van der Waals surface area (Å²) in [6.07, 6.45) is 1.65. The van der Waals surface area contributed by atoms with Crippen LogP contribution in [-0.2, 0) is 4.79 Å². The first-order chi connectivity index (χ1) is 20.8. The fourth-order valence-electron chi connectivity index (χ4n) is 7.19. The summed E-state index contributed by atoms with van der Waals surface area (Å²) in [6, 6.07) is 66.3. The largest absolute Gasteiger partial charge is 0.303 e. The molecule has 1 nitrogen and oxygen atoms in total. The van der Waals surface area contributed by atoms with Crippen LogP contribution in [0.4, 0.5) is 0 Å². The second-order valence-corrected chi connectivity index (χ2v) is 19.4. The second kappa shape index (κ2) is 12.5. The van der Waals surface area contributed by atoms with Crippen LogP contribution >= 0.6 is 0 Å². The van der Waals surface area contributed by atoms with Gasteiger partial charge in [0.15, 0.2) is 0 Å². The van der Waals surface area contributed by atoms with Gasteiger partial charge in [-0.2, -0.15) is 0 Å². The first-order valence-electron chi connectivity index (χ1n) is 14.6. The maximum absolute atomic E-state index is 13.1. The number of hydrogen-bond donors (Lipinski definition) is 0. The van der Waals surface area contributed by atoms with E-state index in [1.54, 1.807) is 0 Å². The van der Waals surface area contributed by atoms with Crippen molar-refractivity contribution in [2.75, 3.05) is 0 Å². The smallest absolute Gasteiger partial charge is 0.150 e. The Kier molecular flexibility index (Phi) is 8.22. The number of carbonyl (C=O) groups is 1. The first-order valence-corrected chi connectivity index (χ1v) is 18.7. The van der Waals surface area contributed by atoms with Crippen LogP contribution in [0.1, 0.15) is 6.42 Å². The third-order valence-electron chi connectivity index (χ3n) is 8.75. The molecule has 0 spiro atoms. The van der Waals surface area contributed by atoms with E-state index in [2.05, 4.69) is 182 Å². The Morgan fingerprint density at radius 1 is 0.357 bits per heavy atom. The maximum atomic E-state index is 13.1. The molecule has 0 bridgehead atoms. The maximum Gasteiger partial charge on any atom is 0.150 e. The van der Waals surface area contributed by atoms with Crippen molar-refractivity contribution in [2.45, 2.75) is 11.6 Å². The standard InChI is InChI=1S/C39H34OSi2/c40-32-31-39(41(33-19-7-1-8-20-33,34-21-9-2-10-22-34)35-23-11-3-12-24-35)42(36-25-13-4-14-26-36,37-27-15-5-16-28-37)38-29-17-6-18-30-38/h1-30,32,39H,31H2. The molecule has 0 amide bonds.